The van der Waals surface area contributed by atoms with Crippen LogP contribution in [0.5, 0.6) is 0 Å². The molecular formula is C14H18ClN7OS. The highest BCUT2D eigenvalue weighted by Crippen LogP contribution is 2.16. The summed E-state index contributed by atoms with van der Waals surface area (Å²) < 4.78 is 6.84. The Bertz CT molecular complexity index is 700. The summed E-state index contributed by atoms with van der Waals surface area (Å²) in [4.78, 5) is 6.59. The van der Waals surface area contributed by atoms with E-state index < -0.39 is 0 Å². The molecule has 8 nitrogen and oxygen atoms in total. The van der Waals surface area contributed by atoms with E-state index in [1.54, 1.807) is 0 Å². The number of hydrogen-bond donors (Lipinski definition) is 3. The lowest BCUT2D eigenvalue weighted by atomic mass is 10.2. The van der Waals surface area contributed by atoms with Gasteiger partial charge in [0.1, 0.15) is 0 Å². The van der Waals surface area contributed by atoms with Gasteiger partial charge in [-0.05, 0) is 29.9 Å². The number of rotatable bonds is 4. The molecule has 0 unspecified atom stereocenters. The van der Waals surface area contributed by atoms with E-state index >= 15 is 0 Å². The Balaban J connectivity index is 1.77. The summed E-state index contributed by atoms with van der Waals surface area (Å²) >= 11 is 11.1. The molecule has 0 aliphatic carbocycles. The molecule has 1 aromatic heterocycles. The van der Waals surface area contributed by atoms with Gasteiger partial charge in [-0.1, -0.05) is 23.7 Å². The summed E-state index contributed by atoms with van der Waals surface area (Å²) in [5.74, 6) is 6.54. The van der Waals surface area contributed by atoms with E-state index in [1.165, 1.54) is 4.68 Å². The Kier molecular flexibility index (Phi) is 5.46. The number of morpholine rings is 1. The van der Waals surface area contributed by atoms with Crippen LogP contribution in [0, 0.1) is 0 Å². The van der Waals surface area contributed by atoms with Crippen molar-refractivity contribution >= 4 is 40.8 Å². The molecule has 0 amide bonds. The number of thiocarbonyl (C=S) groups is 1. The monoisotopic (exact) mass is 367 g/mol. The van der Waals surface area contributed by atoms with Gasteiger partial charge in [0.25, 0.3) is 0 Å². The van der Waals surface area contributed by atoms with Crippen molar-refractivity contribution in [3.8, 4) is 0 Å². The van der Waals surface area contributed by atoms with Crippen LogP contribution < -0.4 is 21.5 Å². The molecule has 0 saturated carbocycles. The molecule has 10 heteroatoms. The maximum Gasteiger partial charge on any atom is 0.247 e. The van der Waals surface area contributed by atoms with Crippen molar-refractivity contribution in [2.45, 2.75) is 6.54 Å². The average Bonchev–Trinajstić information content (AvgIpc) is 3.05. The summed E-state index contributed by atoms with van der Waals surface area (Å²) in [7, 11) is 0. The molecule has 3 rings (SSSR count). The Labute approximate surface area is 149 Å². The molecule has 2 heterocycles. The fraction of sp³-hybridized carbons (Fsp3) is 0.357. The van der Waals surface area contributed by atoms with Gasteiger partial charge in [0.05, 0.1) is 13.2 Å². The van der Waals surface area contributed by atoms with Crippen LogP contribution in [0.1, 0.15) is 5.56 Å². The highest BCUT2D eigenvalue weighted by Gasteiger charge is 2.19. The standard InChI is InChI=1S/C14H18ClN7OS/c15-11-3-1-10(2-4-11)9-17-12-18-13(20-22(12)14(24)19-16)21-5-7-23-8-6-21/h1-4H,5-9,16H2,(H,19,24)(H,17,18,20). The molecule has 2 aromatic rings. The van der Waals surface area contributed by atoms with E-state index in [-0.39, 0.29) is 5.11 Å². The zero-order valence-electron chi connectivity index (χ0n) is 12.9. The second kappa shape index (κ2) is 7.75. The van der Waals surface area contributed by atoms with Gasteiger partial charge in [0, 0.05) is 24.7 Å². The van der Waals surface area contributed by atoms with E-state index in [0.29, 0.717) is 36.7 Å². The maximum atomic E-state index is 5.90. The number of hydrazine groups is 1. The number of nitrogens with zero attached hydrogens (tertiary/aromatic N) is 4. The highest BCUT2D eigenvalue weighted by molar-refractivity contribution is 7.80. The molecule has 128 valence electrons. The Morgan fingerprint density at radius 2 is 2.00 bits per heavy atom. The van der Waals surface area contributed by atoms with E-state index in [0.717, 1.165) is 18.7 Å². The van der Waals surface area contributed by atoms with E-state index in [2.05, 4.69) is 20.8 Å². The number of hydrogen-bond acceptors (Lipinski definition) is 7. The van der Waals surface area contributed by atoms with Crippen molar-refractivity contribution in [3.05, 3.63) is 34.9 Å². The lowest BCUT2D eigenvalue weighted by Crippen LogP contribution is -2.38. The first-order valence-corrected chi connectivity index (χ1v) is 8.25. The first kappa shape index (κ1) is 16.9. The third kappa shape index (κ3) is 3.93. The number of anilines is 2. The van der Waals surface area contributed by atoms with Crippen LogP contribution >= 0.6 is 23.8 Å². The third-order valence-corrected chi connectivity index (χ3v) is 4.11. The molecule has 0 atom stereocenters. The molecular weight excluding hydrogens is 350 g/mol. The number of benzene rings is 1. The second-order valence-electron chi connectivity index (χ2n) is 5.18. The number of halogens is 1. The van der Waals surface area contributed by atoms with Crippen molar-refractivity contribution in [3.63, 3.8) is 0 Å². The fourth-order valence-electron chi connectivity index (χ4n) is 2.30. The number of ether oxygens (including phenoxy) is 1. The van der Waals surface area contributed by atoms with Gasteiger partial charge in [0.15, 0.2) is 0 Å². The zero-order valence-corrected chi connectivity index (χ0v) is 14.5. The first-order valence-electron chi connectivity index (χ1n) is 7.46. The van der Waals surface area contributed by atoms with Gasteiger partial charge in [-0.25, -0.2) is 5.84 Å². The summed E-state index contributed by atoms with van der Waals surface area (Å²) in [6, 6.07) is 7.57. The maximum absolute atomic E-state index is 5.90. The predicted molar refractivity (Wildman–Crippen MR) is 97.2 cm³/mol. The Morgan fingerprint density at radius 3 is 2.67 bits per heavy atom. The summed E-state index contributed by atoms with van der Waals surface area (Å²) in [5.41, 5.74) is 3.50. The van der Waals surface area contributed by atoms with Gasteiger partial charge in [-0.3, -0.25) is 5.43 Å². The van der Waals surface area contributed by atoms with Gasteiger partial charge in [0.2, 0.25) is 17.0 Å². The molecule has 1 aliphatic rings. The van der Waals surface area contributed by atoms with E-state index in [1.807, 2.05) is 29.2 Å². The summed E-state index contributed by atoms with van der Waals surface area (Å²) in [6.07, 6.45) is 0. The van der Waals surface area contributed by atoms with Gasteiger partial charge in [-0.15, -0.1) is 5.10 Å². The number of nitrogens with two attached hydrogens (primary N) is 1. The van der Waals surface area contributed by atoms with Gasteiger partial charge >= 0.3 is 0 Å². The van der Waals surface area contributed by atoms with Crippen LogP contribution in [0.4, 0.5) is 11.9 Å². The minimum atomic E-state index is 0.264. The van der Waals surface area contributed by atoms with Crippen LogP contribution in [0.25, 0.3) is 0 Å². The third-order valence-electron chi connectivity index (χ3n) is 3.57. The lowest BCUT2D eigenvalue weighted by molar-refractivity contribution is 0.122. The quantitative estimate of drug-likeness (QED) is 0.418. The molecule has 24 heavy (non-hydrogen) atoms. The smallest absolute Gasteiger partial charge is 0.247 e. The Hall–Kier alpha value is -1.94. The van der Waals surface area contributed by atoms with Crippen LogP contribution in [-0.2, 0) is 11.3 Å². The largest absolute Gasteiger partial charge is 0.378 e. The molecule has 1 saturated heterocycles. The van der Waals surface area contributed by atoms with Crippen molar-refractivity contribution in [2.75, 3.05) is 36.5 Å². The first-order chi connectivity index (χ1) is 11.7. The summed E-state index contributed by atoms with van der Waals surface area (Å²) in [6.45, 7) is 3.35. The Morgan fingerprint density at radius 1 is 1.29 bits per heavy atom. The van der Waals surface area contributed by atoms with Crippen molar-refractivity contribution in [1.29, 1.82) is 0 Å². The van der Waals surface area contributed by atoms with Crippen molar-refractivity contribution in [2.24, 2.45) is 5.84 Å². The normalized spacial score (nSPS) is 14.5. The molecule has 0 radical (unpaired) electrons. The van der Waals surface area contributed by atoms with Crippen LogP contribution in [0.2, 0.25) is 5.02 Å². The molecule has 1 aliphatic heterocycles. The van der Waals surface area contributed by atoms with Crippen LogP contribution in [-0.4, -0.2) is 46.2 Å². The fourth-order valence-corrected chi connectivity index (χ4v) is 2.55. The molecule has 1 aromatic carbocycles. The van der Waals surface area contributed by atoms with Crippen molar-refractivity contribution < 1.29 is 4.74 Å². The average molecular weight is 368 g/mol. The predicted octanol–water partition coefficient (Wildman–Crippen LogP) is 0.976. The van der Waals surface area contributed by atoms with E-state index in [9.17, 15) is 0 Å². The molecule has 1 fully saturated rings. The highest BCUT2D eigenvalue weighted by atomic mass is 35.5. The summed E-state index contributed by atoms with van der Waals surface area (Å²) in [5, 5.41) is 8.63. The molecule has 0 spiro atoms. The van der Waals surface area contributed by atoms with E-state index in [4.69, 9.17) is 34.4 Å². The minimum Gasteiger partial charge on any atom is -0.378 e. The zero-order chi connectivity index (χ0) is 16.9. The SMILES string of the molecule is NNC(=S)n1nc(N2CCOCC2)nc1NCc1ccc(Cl)cc1. The van der Waals surface area contributed by atoms with Crippen LogP contribution in [0.3, 0.4) is 0 Å². The second-order valence-corrected chi connectivity index (χ2v) is 6.00. The molecule has 0 bridgehead atoms. The van der Waals surface area contributed by atoms with Gasteiger partial charge in [-0.2, -0.15) is 9.67 Å². The van der Waals surface area contributed by atoms with Gasteiger partial charge < -0.3 is 15.0 Å². The molecule has 4 N–H and O–H groups in total. The van der Waals surface area contributed by atoms with Crippen molar-refractivity contribution in [1.82, 2.24) is 20.2 Å². The number of aromatic nitrogens is 3. The topological polar surface area (TPSA) is 93.3 Å². The number of nitrogens with one attached hydrogen (secondary N) is 2. The lowest BCUT2D eigenvalue weighted by Gasteiger charge is -2.25. The van der Waals surface area contributed by atoms with Crippen LogP contribution in [0.15, 0.2) is 24.3 Å². The minimum absolute atomic E-state index is 0.264.